The molecule has 0 fully saturated rings. The van der Waals surface area contributed by atoms with Crippen molar-refractivity contribution in [3.8, 4) is 6.07 Å². The number of carbonyl (C=O) groups is 1. The van der Waals surface area contributed by atoms with Crippen LogP contribution in [0.2, 0.25) is 0 Å². The Morgan fingerprint density at radius 3 is 2.86 bits per heavy atom. The van der Waals surface area contributed by atoms with E-state index in [9.17, 15) is 4.79 Å². The number of unbranched alkanes of at least 4 members (excludes halogenated alkanes) is 2. The van der Waals surface area contributed by atoms with Gasteiger partial charge in [0.1, 0.15) is 5.92 Å². The second kappa shape index (κ2) is 8.31. The number of ether oxygens (including phenoxy) is 1. The minimum Gasteiger partial charge on any atom is -0.465 e. The summed E-state index contributed by atoms with van der Waals surface area (Å²) in [5, 5.41) is 8.71. The molecule has 3 nitrogen and oxygen atoms in total. The highest BCUT2D eigenvalue weighted by Crippen LogP contribution is 2.11. The normalized spacial score (nSPS) is 11.4. The molecule has 0 aliphatic heterocycles. The van der Waals surface area contributed by atoms with Crippen LogP contribution in [0.4, 0.5) is 0 Å². The molecule has 3 heteroatoms. The zero-order valence-electron chi connectivity index (χ0n) is 8.66. The highest BCUT2D eigenvalue weighted by molar-refractivity contribution is 5.75. The van der Waals surface area contributed by atoms with E-state index in [1.54, 1.807) is 6.92 Å². The number of hydrogen-bond donors (Lipinski definition) is 0. The fraction of sp³-hybridized carbons (Fsp3) is 0.636. The van der Waals surface area contributed by atoms with E-state index in [2.05, 4.69) is 6.58 Å². The van der Waals surface area contributed by atoms with Gasteiger partial charge in [-0.1, -0.05) is 12.5 Å². The average molecular weight is 195 g/mol. The predicted octanol–water partition coefficient (Wildman–Crippen LogP) is 2.44. The minimum absolute atomic E-state index is 0.337. The fourth-order valence-electron chi connectivity index (χ4n) is 1.12. The van der Waals surface area contributed by atoms with Crippen LogP contribution in [0.15, 0.2) is 12.7 Å². The maximum Gasteiger partial charge on any atom is 0.323 e. The lowest BCUT2D eigenvalue weighted by atomic mass is 10.0. The maximum atomic E-state index is 11.2. The van der Waals surface area contributed by atoms with E-state index in [0.29, 0.717) is 13.0 Å². The van der Waals surface area contributed by atoms with Gasteiger partial charge < -0.3 is 4.74 Å². The average Bonchev–Trinajstić information content (AvgIpc) is 2.18. The predicted molar refractivity (Wildman–Crippen MR) is 54.4 cm³/mol. The number of allylic oxidation sites excluding steroid dienone is 1. The van der Waals surface area contributed by atoms with Gasteiger partial charge in [0, 0.05) is 0 Å². The Morgan fingerprint density at radius 1 is 1.64 bits per heavy atom. The Kier molecular flexibility index (Phi) is 7.53. The van der Waals surface area contributed by atoms with Crippen molar-refractivity contribution < 1.29 is 9.53 Å². The Bertz CT molecular complexity index is 218. The minimum atomic E-state index is -0.597. The highest BCUT2D eigenvalue weighted by atomic mass is 16.5. The van der Waals surface area contributed by atoms with E-state index in [0.717, 1.165) is 19.3 Å². The van der Waals surface area contributed by atoms with Crippen molar-refractivity contribution >= 4 is 5.97 Å². The molecule has 0 bridgehead atoms. The topological polar surface area (TPSA) is 50.1 Å². The van der Waals surface area contributed by atoms with Gasteiger partial charge in [-0.3, -0.25) is 4.79 Å². The van der Waals surface area contributed by atoms with E-state index in [1.807, 2.05) is 12.1 Å². The molecular weight excluding hydrogens is 178 g/mol. The molecule has 0 aromatic heterocycles. The van der Waals surface area contributed by atoms with Crippen LogP contribution in [0.25, 0.3) is 0 Å². The van der Waals surface area contributed by atoms with Crippen molar-refractivity contribution in [3.05, 3.63) is 12.7 Å². The van der Waals surface area contributed by atoms with Crippen LogP contribution in [0, 0.1) is 17.2 Å². The van der Waals surface area contributed by atoms with Gasteiger partial charge in [0.05, 0.1) is 12.7 Å². The first-order valence-electron chi connectivity index (χ1n) is 4.93. The molecule has 0 N–H and O–H groups in total. The van der Waals surface area contributed by atoms with Crippen LogP contribution in [0.3, 0.4) is 0 Å². The lowest BCUT2D eigenvalue weighted by Crippen LogP contribution is -2.16. The van der Waals surface area contributed by atoms with Crippen molar-refractivity contribution in [1.82, 2.24) is 0 Å². The molecule has 78 valence electrons. The Morgan fingerprint density at radius 2 is 2.36 bits per heavy atom. The molecule has 0 spiro atoms. The Hall–Kier alpha value is -1.30. The molecule has 0 aliphatic rings. The SMILES string of the molecule is C=CCCCCC(C#N)C(=O)OCC. The molecule has 0 aliphatic carbocycles. The third-order valence-electron chi connectivity index (χ3n) is 1.88. The largest absolute Gasteiger partial charge is 0.465 e. The summed E-state index contributed by atoms with van der Waals surface area (Å²) in [6.45, 7) is 5.68. The first-order chi connectivity index (χ1) is 6.76. The van der Waals surface area contributed by atoms with Crippen molar-refractivity contribution in [2.75, 3.05) is 6.61 Å². The van der Waals surface area contributed by atoms with Gasteiger partial charge >= 0.3 is 5.97 Å². The number of rotatable bonds is 7. The van der Waals surface area contributed by atoms with E-state index < -0.39 is 11.9 Å². The molecule has 0 heterocycles. The zero-order valence-corrected chi connectivity index (χ0v) is 8.66. The van der Waals surface area contributed by atoms with Gasteiger partial charge in [-0.25, -0.2) is 0 Å². The van der Waals surface area contributed by atoms with E-state index in [-0.39, 0.29) is 0 Å². The van der Waals surface area contributed by atoms with Gasteiger partial charge in [-0.05, 0) is 26.2 Å². The molecule has 0 amide bonds. The molecule has 1 unspecified atom stereocenters. The summed E-state index contributed by atoms with van der Waals surface area (Å²) >= 11 is 0. The van der Waals surface area contributed by atoms with Crippen molar-refractivity contribution in [2.24, 2.45) is 5.92 Å². The quantitative estimate of drug-likeness (QED) is 0.356. The maximum absolute atomic E-state index is 11.2. The fourth-order valence-corrected chi connectivity index (χ4v) is 1.12. The van der Waals surface area contributed by atoms with Crippen molar-refractivity contribution in [2.45, 2.75) is 32.6 Å². The third-order valence-corrected chi connectivity index (χ3v) is 1.88. The van der Waals surface area contributed by atoms with Crippen molar-refractivity contribution in [1.29, 1.82) is 5.26 Å². The number of carbonyl (C=O) groups excluding carboxylic acids is 1. The molecule has 1 atom stereocenters. The second-order valence-corrected chi connectivity index (χ2v) is 3.01. The molecule has 0 rings (SSSR count). The molecule has 0 aromatic carbocycles. The summed E-state index contributed by atoms with van der Waals surface area (Å²) in [5.41, 5.74) is 0. The number of hydrogen-bond acceptors (Lipinski definition) is 3. The molecule has 0 radical (unpaired) electrons. The van der Waals surface area contributed by atoms with Crippen LogP contribution in [-0.2, 0) is 9.53 Å². The summed E-state index contributed by atoms with van der Waals surface area (Å²) in [4.78, 5) is 11.2. The molecule has 0 aromatic rings. The van der Waals surface area contributed by atoms with Gasteiger partial charge in [-0.15, -0.1) is 6.58 Å². The first-order valence-corrected chi connectivity index (χ1v) is 4.93. The first kappa shape index (κ1) is 12.7. The summed E-state index contributed by atoms with van der Waals surface area (Å²) in [6.07, 6.45) is 5.19. The lowest BCUT2D eigenvalue weighted by Gasteiger charge is -2.06. The summed E-state index contributed by atoms with van der Waals surface area (Å²) in [6, 6.07) is 1.96. The molecule has 14 heavy (non-hydrogen) atoms. The van der Waals surface area contributed by atoms with Crippen LogP contribution in [0.1, 0.15) is 32.6 Å². The summed E-state index contributed by atoms with van der Waals surface area (Å²) in [5.74, 6) is -0.992. The Labute approximate surface area is 85.4 Å². The highest BCUT2D eigenvalue weighted by Gasteiger charge is 2.17. The van der Waals surface area contributed by atoms with Gasteiger partial charge in [-0.2, -0.15) is 5.26 Å². The molecule has 0 saturated heterocycles. The monoisotopic (exact) mass is 195 g/mol. The number of esters is 1. The van der Waals surface area contributed by atoms with E-state index in [4.69, 9.17) is 10.00 Å². The van der Waals surface area contributed by atoms with E-state index >= 15 is 0 Å². The van der Waals surface area contributed by atoms with Gasteiger partial charge in [0.15, 0.2) is 0 Å². The smallest absolute Gasteiger partial charge is 0.323 e. The standard InChI is InChI=1S/C11H17NO2/c1-3-5-6-7-8-10(9-12)11(13)14-4-2/h3,10H,1,4-8H2,2H3. The van der Waals surface area contributed by atoms with Crippen molar-refractivity contribution in [3.63, 3.8) is 0 Å². The van der Waals surface area contributed by atoms with Gasteiger partial charge in [0.25, 0.3) is 0 Å². The Balaban J connectivity index is 3.74. The number of nitriles is 1. The van der Waals surface area contributed by atoms with Crippen LogP contribution < -0.4 is 0 Å². The van der Waals surface area contributed by atoms with E-state index in [1.165, 1.54) is 0 Å². The van der Waals surface area contributed by atoms with Crippen LogP contribution in [-0.4, -0.2) is 12.6 Å². The van der Waals surface area contributed by atoms with Crippen LogP contribution >= 0.6 is 0 Å². The summed E-state index contributed by atoms with van der Waals surface area (Å²) in [7, 11) is 0. The number of nitrogens with zero attached hydrogens (tertiary/aromatic N) is 1. The third kappa shape index (κ3) is 5.36. The second-order valence-electron chi connectivity index (χ2n) is 3.01. The molecule has 0 saturated carbocycles. The molecular formula is C11H17NO2. The zero-order chi connectivity index (χ0) is 10.8. The summed E-state index contributed by atoms with van der Waals surface area (Å²) < 4.78 is 4.77. The van der Waals surface area contributed by atoms with Gasteiger partial charge in [0.2, 0.25) is 0 Å². The lowest BCUT2D eigenvalue weighted by molar-refractivity contribution is -0.146. The van der Waals surface area contributed by atoms with Crippen LogP contribution in [0.5, 0.6) is 0 Å².